The Labute approximate surface area is 147 Å². The summed E-state index contributed by atoms with van der Waals surface area (Å²) in [5.41, 5.74) is 2.28. The van der Waals surface area contributed by atoms with Gasteiger partial charge in [0.15, 0.2) is 5.82 Å². The summed E-state index contributed by atoms with van der Waals surface area (Å²) in [4.78, 5) is 19.1. The van der Waals surface area contributed by atoms with Crippen LogP contribution in [-0.4, -0.2) is 45.2 Å². The van der Waals surface area contributed by atoms with Crippen LogP contribution in [0.4, 0.5) is 0 Å². The molecule has 6 heteroatoms. The summed E-state index contributed by atoms with van der Waals surface area (Å²) in [6.07, 6.45) is 2.45. The number of hydrogen-bond acceptors (Lipinski definition) is 4. The number of fused-ring (bicyclic) bond motifs is 1. The fourth-order valence-electron chi connectivity index (χ4n) is 3.91. The van der Waals surface area contributed by atoms with E-state index in [0.717, 1.165) is 36.6 Å². The lowest BCUT2D eigenvalue weighted by Gasteiger charge is -2.34. The molecular formula is C19H24N4O2. The molecule has 0 saturated carbocycles. The van der Waals surface area contributed by atoms with Gasteiger partial charge in [0.25, 0.3) is 0 Å². The Morgan fingerprint density at radius 2 is 2.20 bits per heavy atom. The van der Waals surface area contributed by atoms with E-state index in [2.05, 4.69) is 28.2 Å². The van der Waals surface area contributed by atoms with Crippen LogP contribution in [0.5, 0.6) is 0 Å². The van der Waals surface area contributed by atoms with Crippen LogP contribution in [0.2, 0.25) is 0 Å². The van der Waals surface area contributed by atoms with Crippen LogP contribution in [0, 0.1) is 19.8 Å². The zero-order valence-corrected chi connectivity index (χ0v) is 14.7. The largest absolute Gasteiger partial charge is 0.365 e. The molecule has 2 fully saturated rings. The first-order valence-electron chi connectivity index (χ1n) is 8.97. The number of carbonyl (C=O) groups excluding carboxylic acids is 1. The first kappa shape index (κ1) is 16.3. The topological polar surface area (TPSA) is 71.1 Å². The first-order valence-corrected chi connectivity index (χ1v) is 8.97. The number of nitrogens with zero attached hydrogens (tertiary/aromatic N) is 3. The fourth-order valence-corrected chi connectivity index (χ4v) is 3.91. The Morgan fingerprint density at radius 1 is 1.36 bits per heavy atom. The quantitative estimate of drug-likeness (QED) is 0.931. The van der Waals surface area contributed by atoms with Crippen molar-refractivity contribution >= 4 is 5.91 Å². The van der Waals surface area contributed by atoms with Crippen molar-refractivity contribution in [2.75, 3.05) is 13.1 Å². The molecule has 132 valence electrons. The molecule has 0 radical (unpaired) electrons. The van der Waals surface area contributed by atoms with E-state index in [4.69, 9.17) is 4.74 Å². The minimum Gasteiger partial charge on any atom is -0.365 e. The van der Waals surface area contributed by atoms with Gasteiger partial charge in [-0.25, -0.2) is 4.98 Å². The van der Waals surface area contributed by atoms with Gasteiger partial charge in [-0.15, -0.1) is 0 Å². The highest BCUT2D eigenvalue weighted by Crippen LogP contribution is 2.39. The Morgan fingerprint density at radius 3 is 2.96 bits per heavy atom. The van der Waals surface area contributed by atoms with E-state index in [0.29, 0.717) is 18.9 Å². The number of nitrogens with one attached hydrogen (secondary N) is 1. The third kappa shape index (κ3) is 3.31. The molecule has 1 aromatic carbocycles. The van der Waals surface area contributed by atoms with E-state index < -0.39 is 0 Å². The van der Waals surface area contributed by atoms with Gasteiger partial charge in [0.1, 0.15) is 11.9 Å². The van der Waals surface area contributed by atoms with E-state index in [9.17, 15) is 4.79 Å². The number of hydrogen-bond donors (Lipinski definition) is 1. The molecule has 2 saturated heterocycles. The minimum atomic E-state index is -0.0497. The van der Waals surface area contributed by atoms with Crippen molar-refractivity contribution in [1.82, 2.24) is 20.1 Å². The number of ether oxygens (including phenoxy) is 1. The number of H-pyrrole nitrogens is 1. The van der Waals surface area contributed by atoms with Crippen LogP contribution in [0.3, 0.4) is 0 Å². The van der Waals surface area contributed by atoms with Gasteiger partial charge in [-0.2, -0.15) is 5.10 Å². The lowest BCUT2D eigenvalue weighted by Crippen LogP contribution is -2.45. The minimum absolute atomic E-state index is 0.0497. The monoisotopic (exact) mass is 340 g/mol. The molecule has 6 nitrogen and oxygen atoms in total. The van der Waals surface area contributed by atoms with Crippen LogP contribution in [0.1, 0.15) is 41.7 Å². The van der Waals surface area contributed by atoms with Crippen molar-refractivity contribution in [3.63, 3.8) is 0 Å². The van der Waals surface area contributed by atoms with Crippen molar-refractivity contribution in [1.29, 1.82) is 0 Å². The summed E-state index contributed by atoms with van der Waals surface area (Å²) >= 11 is 0. The number of piperidine rings is 1. The molecule has 1 amide bonds. The summed E-state index contributed by atoms with van der Waals surface area (Å²) in [6.45, 7) is 5.44. The lowest BCUT2D eigenvalue weighted by atomic mass is 9.91. The van der Waals surface area contributed by atoms with Gasteiger partial charge in [0.2, 0.25) is 5.91 Å². The summed E-state index contributed by atoms with van der Waals surface area (Å²) in [6, 6.07) is 8.09. The average Bonchev–Trinajstić information content (AvgIpc) is 3.22. The van der Waals surface area contributed by atoms with Crippen molar-refractivity contribution in [3.05, 3.63) is 47.0 Å². The molecule has 0 bridgehead atoms. The summed E-state index contributed by atoms with van der Waals surface area (Å²) in [7, 11) is 0. The molecule has 2 aliphatic heterocycles. The molecule has 3 heterocycles. The number of benzene rings is 1. The Kier molecular flexibility index (Phi) is 4.29. The van der Waals surface area contributed by atoms with Crippen molar-refractivity contribution in [3.8, 4) is 0 Å². The van der Waals surface area contributed by atoms with Gasteiger partial charge >= 0.3 is 0 Å². The summed E-state index contributed by atoms with van der Waals surface area (Å²) in [5.74, 6) is 2.23. The average molecular weight is 340 g/mol. The maximum atomic E-state index is 12.7. The molecule has 25 heavy (non-hydrogen) atoms. The van der Waals surface area contributed by atoms with Gasteiger partial charge in [-0.1, -0.05) is 24.3 Å². The van der Waals surface area contributed by atoms with Crippen LogP contribution in [0.25, 0.3) is 0 Å². The van der Waals surface area contributed by atoms with Gasteiger partial charge in [-0.05, 0) is 43.7 Å². The molecule has 2 aromatic rings. The number of aromatic amines is 1. The van der Waals surface area contributed by atoms with E-state index in [-0.39, 0.29) is 18.1 Å². The summed E-state index contributed by atoms with van der Waals surface area (Å²) < 4.78 is 6.18. The molecular weight excluding hydrogens is 316 g/mol. The van der Waals surface area contributed by atoms with E-state index >= 15 is 0 Å². The molecule has 3 atom stereocenters. The second-order valence-corrected chi connectivity index (χ2v) is 7.17. The predicted octanol–water partition coefficient (Wildman–Crippen LogP) is 2.34. The van der Waals surface area contributed by atoms with E-state index in [1.807, 2.05) is 30.0 Å². The van der Waals surface area contributed by atoms with Crippen molar-refractivity contribution in [2.24, 2.45) is 5.92 Å². The second-order valence-electron chi connectivity index (χ2n) is 7.17. The number of likely N-dealkylation sites (tertiary alicyclic amines) is 1. The highest BCUT2D eigenvalue weighted by atomic mass is 16.5. The molecule has 2 aliphatic rings. The number of amides is 1. The smallest absolute Gasteiger partial charge is 0.227 e. The predicted molar refractivity (Wildman–Crippen MR) is 92.9 cm³/mol. The molecule has 4 rings (SSSR count). The van der Waals surface area contributed by atoms with Crippen LogP contribution in [-0.2, 0) is 16.0 Å². The van der Waals surface area contributed by atoms with Gasteiger partial charge in [-0.3, -0.25) is 9.89 Å². The fraction of sp³-hybridized carbons (Fsp3) is 0.526. The number of carbonyl (C=O) groups is 1. The highest BCUT2D eigenvalue weighted by molar-refractivity contribution is 5.79. The van der Waals surface area contributed by atoms with E-state index in [1.165, 1.54) is 5.56 Å². The number of aryl methyl sites for hydroxylation is 2. The van der Waals surface area contributed by atoms with Crippen LogP contribution in [0.15, 0.2) is 24.3 Å². The standard InChI is InChI=1S/C19H24N4O2/c1-12-5-3-4-6-14(12)10-18(24)23-8-7-15-9-16(25-17(15)11-23)19-20-13(2)21-22-19/h3-6,15-17H,7-11H2,1-2H3,(H,20,21,22)/t15-,16+,17-/m0/s1. The molecule has 0 spiro atoms. The Hall–Kier alpha value is -2.21. The Balaban J connectivity index is 1.39. The number of rotatable bonds is 3. The lowest BCUT2D eigenvalue weighted by molar-refractivity contribution is -0.135. The van der Waals surface area contributed by atoms with E-state index in [1.54, 1.807) is 0 Å². The van der Waals surface area contributed by atoms with Crippen molar-refractivity contribution < 1.29 is 9.53 Å². The molecule has 1 aromatic heterocycles. The third-order valence-electron chi connectivity index (χ3n) is 5.41. The SMILES string of the molecule is Cc1nc([C@H]2C[C@@H]3CCN(C(=O)Cc4ccccc4C)C[C@@H]3O2)n[nH]1. The van der Waals surface area contributed by atoms with Gasteiger partial charge in [0.05, 0.1) is 12.5 Å². The van der Waals surface area contributed by atoms with Gasteiger partial charge < -0.3 is 9.64 Å². The zero-order chi connectivity index (χ0) is 17.4. The Bertz CT molecular complexity index is 772. The molecule has 1 N–H and O–H groups in total. The van der Waals surface area contributed by atoms with Crippen LogP contribution < -0.4 is 0 Å². The summed E-state index contributed by atoms with van der Waals surface area (Å²) in [5, 5.41) is 7.11. The molecule has 0 unspecified atom stereocenters. The van der Waals surface area contributed by atoms with Gasteiger partial charge in [0, 0.05) is 13.1 Å². The highest BCUT2D eigenvalue weighted by Gasteiger charge is 2.41. The van der Waals surface area contributed by atoms with Crippen molar-refractivity contribution in [2.45, 2.75) is 45.3 Å². The first-order chi connectivity index (χ1) is 12.1. The maximum absolute atomic E-state index is 12.7. The second kappa shape index (κ2) is 6.59. The normalized spacial score (nSPS) is 25.8. The third-order valence-corrected chi connectivity index (χ3v) is 5.41. The molecule has 0 aliphatic carbocycles. The maximum Gasteiger partial charge on any atom is 0.227 e. The van der Waals surface area contributed by atoms with Crippen LogP contribution >= 0.6 is 0 Å². The number of aromatic nitrogens is 3. The zero-order valence-electron chi connectivity index (χ0n) is 14.7.